The fourth-order valence-electron chi connectivity index (χ4n) is 1.07. The molecule has 0 aromatic carbocycles. The summed E-state index contributed by atoms with van der Waals surface area (Å²) in [6.07, 6.45) is 1.54. The van der Waals surface area contributed by atoms with E-state index < -0.39 is 0 Å². The minimum atomic E-state index is -0.150. The molecule has 1 aliphatic heterocycles. The SMILES string of the molecule is CN1CC(N=CC(CO)=NN)C1. The van der Waals surface area contributed by atoms with E-state index in [0.29, 0.717) is 11.8 Å². The Morgan fingerprint density at radius 2 is 2.42 bits per heavy atom. The van der Waals surface area contributed by atoms with E-state index in [0.717, 1.165) is 13.1 Å². The molecule has 0 radical (unpaired) electrons. The van der Waals surface area contributed by atoms with Crippen LogP contribution in [-0.4, -0.2) is 54.7 Å². The molecule has 5 nitrogen and oxygen atoms in total. The lowest BCUT2D eigenvalue weighted by Gasteiger charge is -2.32. The highest BCUT2D eigenvalue weighted by atomic mass is 16.3. The zero-order valence-electron chi connectivity index (χ0n) is 7.14. The van der Waals surface area contributed by atoms with Crippen LogP contribution in [0.3, 0.4) is 0 Å². The molecule has 0 bridgehead atoms. The summed E-state index contributed by atoms with van der Waals surface area (Å²) in [5, 5.41) is 12.0. The molecule has 5 heteroatoms. The second-order valence-electron chi connectivity index (χ2n) is 2.93. The first-order chi connectivity index (χ1) is 5.76. The first-order valence-electron chi connectivity index (χ1n) is 3.85. The maximum absolute atomic E-state index is 8.67. The van der Waals surface area contributed by atoms with E-state index in [2.05, 4.69) is 15.0 Å². The summed E-state index contributed by atoms with van der Waals surface area (Å²) < 4.78 is 0. The molecule has 3 N–H and O–H groups in total. The second-order valence-corrected chi connectivity index (χ2v) is 2.93. The maximum Gasteiger partial charge on any atom is 0.103 e. The molecule has 0 aliphatic carbocycles. The number of aliphatic imine (C=N–C) groups is 1. The molecular weight excluding hydrogens is 156 g/mol. The molecule has 12 heavy (non-hydrogen) atoms. The minimum absolute atomic E-state index is 0.150. The number of nitrogens with zero attached hydrogens (tertiary/aromatic N) is 3. The van der Waals surface area contributed by atoms with Crippen LogP contribution in [0.1, 0.15) is 0 Å². The van der Waals surface area contributed by atoms with Gasteiger partial charge in [-0.25, -0.2) is 0 Å². The third-order valence-electron chi connectivity index (χ3n) is 1.81. The van der Waals surface area contributed by atoms with Crippen molar-refractivity contribution in [1.29, 1.82) is 0 Å². The van der Waals surface area contributed by atoms with Crippen LogP contribution in [0, 0.1) is 0 Å². The lowest BCUT2D eigenvalue weighted by Crippen LogP contribution is -2.47. The Morgan fingerprint density at radius 3 is 2.83 bits per heavy atom. The fourth-order valence-corrected chi connectivity index (χ4v) is 1.07. The molecule has 0 amide bonds. The summed E-state index contributed by atoms with van der Waals surface area (Å²) in [4.78, 5) is 6.35. The largest absolute Gasteiger partial charge is 0.390 e. The van der Waals surface area contributed by atoms with Crippen LogP contribution >= 0.6 is 0 Å². The molecule has 0 aromatic rings. The Morgan fingerprint density at radius 1 is 1.75 bits per heavy atom. The molecule has 0 spiro atoms. The van der Waals surface area contributed by atoms with Crippen LogP contribution in [0.15, 0.2) is 10.1 Å². The normalized spacial score (nSPS) is 21.7. The topological polar surface area (TPSA) is 74.2 Å². The monoisotopic (exact) mass is 170 g/mol. The lowest BCUT2D eigenvalue weighted by atomic mass is 10.1. The van der Waals surface area contributed by atoms with E-state index in [1.165, 1.54) is 6.21 Å². The van der Waals surface area contributed by atoms with Crippen molar-refractivity contribution in [3.63, 3.8) is 0 Å². The zero-order chi connectivity index (χ0) is 8.97. The number of hydrogen-bond donors (Lipinski definition) is 2. The highest BCUT2D eigenvalue weighted by Crippen LogP contribution is 2.06. The van der Waals surface area contributed by atoms with E-state index >= 15 is 0 Å². The van der Waals surface area contributed by atoms with Crippen molar-refractivity contribution >= 4 is 11.9 Å². The van der Waals surface area contributed by atoms with Gasteiger partial charge in [-0.15, -0.1) is 0 Å². The quantitative estimate of drug-likeness (QED) is 0.313. The van der Waals surface area contributed by atoms with Crippen molar-refractivity contribution in [3.05, 3.63) is 0 Å². The van der Waals surface area contributed by atoms with E-state index in [4.69, 9.17) is 10.9 Å². The van der Waals surface area contributed by atoms with E-state index in [9.17, 15) is 0 Å². The average Bonchev–Trinajstić information content (AvgIpc) is 2.03. The van der Waals surface area contributed by atoms with Gasteiger partial charge in [0.05, 0.1) is 12.6 Å². The van der Waals surface area contributed by atoms with Crippen molar-refractivity contribution in [2.45, 2.75) is 6.04 Å². The summed E-state index contributed by atoms with van der Waals surface area (Å²) in [7, 11) is 2.04. The molecule has 1 saturated heterocycles. The number of aliphatic hydroxyl groups is 1. The van der Waals surface area contributed by atoms with Crippen LogP contribution < -0.4 is 5.84 Å². The fraction of sp³-hybridized carbons (Fsp3) is 0.714. The van der Waals surface area contributed by atoms with Gasteiger partial charge >= 0.3 is 0 Å². The van der Waals surface area contributed by atoms with Gasteiger partial charge in [-0.1, -0.05) is 0 Å². The van der Waals surface area contributed by atoms with E-state index in [-0.39, 0.29) is 6.61 Å². The Labute approximate surface area is 71.6 Å². The standard InChI is InChI=1S/C7H14N4O/c1-11-3-7(4-11)9-2-6(5-12)10-8/h2,7,12H,3-5,8H2,1H3. The summed E-state index contributed by atoms with van der Waals surface area (Å²) >= 11 is 0. The summed E-state index contributed by atoms with van der Waals surface area (Å²) in [6, 6.07) is 0.346. The minimum Gasteiger partial charge on any atom is -0.390 e. The van der Waals surface area contributed by atoms with Crippen molar-refractivity contribution in [3.8, 4) is 0 Å². The van der Waals surface area contributed by atoms with Gasteiger partial charge in [-0.2, -0.15) is 5.10 Å². The highest BCUT2D eigenvalue weighted by molar-refractivity contribution is 6.31. The third kappa shape index (κ3) is 2.28. The third-order valence-corrected chi connectivity index (χ3v) is 1.81. The molecule has 0 atom stereocenters. The van der Waals surface area contributed by atoms with Gasteiger partial charge in [0.25, 0.3) is 0 Å². The predicted octanol–water partition coefficient (Wildman–Crippen LogP) is -1.32. The highest BCUT2D eigenvalue weighted by Gasteiger charge is 2.21. The lowest BCUT2D eigenvalue weighted by molar-refractivity contribution is 0.194. The van der Waals surface area contributed by atoms with Gasteiger partial charge in [-0.05, 0) is 7.05 Å². The molecule has 1 heterocycles. The molecule has 68 valence electrons. The number of likely N-dealkylation sites (N-methyl/N-ethyl adjacent to an activating group) is 1. The van der Waals surface area contributed by atoms with Crippen LogP contribution in [0.4, 0.5) is 0 Å². The molecule has 1 fully saturated rings. The van der Waals surface area contributed by atoms with Crippen LogP contribution in [0.5, 0.6) is 0 Å². The van der Waals surface area contributed by atoms with Gasteiger partial charge < -0.3 is 15.8 Å². The van der Waals surface area contributed by atoms with Crippen molar-refractivity contribution in [2.75, 3.05) is 26.7 Å². The van der Waals surface area contributed by atoms with Gasteiger partial charge in [-0.3, -0.25) is 4.99 Å². The number of hydrogen-bond acceptors (Lipinski definition) is 5. The van der Waals surface area contributed by atoms with Crippen molar-refractivity contribution in [2.24, 2.45) is 15.9 Å². The Balaban J connectivity index is 2.30. The average molecular weight is 170 g/mol. The predicted molar refractivity (Wildman–Crippen MR) is 48.5 cm³/mol. The number of hydrazone groups is 1. The van der Waals surface area contributed by atoms with Crippen molar-refractivity contribution < 1.29 is 5.11 Å². The second kappa shape index (κ2) is 4.18. The summed E-state index contributed by atoms with van der Waals surface area (Å²) in [5.74, 6) is 4.98. The van der Waals surface area contributed by atoms with Gasteiger partial charge in [0.2, 0.25) is 0 Å². The molecule has 0 saturated carbocycles. The Kier molecular flexibility index (Phi) is 3.19. The first-order valence-corrected chi connectivity index (χ1v) is 3.85. The van der Waals surface area contributed by atoms with Crippen molar-refractivity contribution in [1.82, 2.24) is 4.90 Å². The van der Waals surface area contributed by atoms with E-state index in [1.807, 2.05) is 7.05 Å². The van der Waals surface area contributed by atoms with Gasteiger partial charge in [0.15, 0.2) is 0 Å². The zero-order valence-corrected chi connectivity index (χ0v) is 7.14. The van der Waals surface area contributed by atoms with Crippen LogP contribution in [0.25, 0.3) is 0 Å². The smallest absolute Gasteiger partial charge is 0.103 e. The number of likely N-dealkylation sites (tertiary alicyclic amines) is 1. The Bertz CT molecular complexity index is 196. The molecular formula is C7H14N4O. The summed E-state index contributed by atoms with van der Waals surface area (Å²) in [6.45, 7) is 1.79. The van der Waals surface area contributed by atoms with Gasteiger partial charge in [0, 0.05) is 19.3 Å². The van der Waals surface area contributed by atoms with Crippen LogP contribution in [0.2, 0.25) is 0 Å². The molecule has 1 rings (SSSR count). The Hall–Kier alpha value is -0.940. The molecule has 0 unspecified atom stereocenters. The molecule has 0 aromatic heterocycles. The molecule has 1 aliphatic rings. The number of aliphatic hydroxyl groups excluding tert-OH is 1. The van der Waals surface area contributed by atoms with E-state index in [1.54, 1.807) is 0 Å². The number of rotatable bonds is 3. The number of nitrogens with two attached hydrogens (primary N) is 1. The summed E-state index contributed by atoms with van der Waals surface area (Å²) in [5.41, 5.74) is 0.421. The van der Waals surface area contributed by atoms with Gasteiger partial charge in [0.1, 0.15) is 5.71 Å². The first kappa shape index (κ1) is 9.15. The van der Waals surface area contributed by atoms with Crippen LogP contribution in [-0.2, 0) is 0 Å². The maximum atomic E-state index is 8.67.